The molecule has 2 aromatic rings. The molecule has 0 spiro atoms. The molecular weight excluding hydrogens is 430 g/mol. The molecular formula is C23H33N3O3S2. The number of ether oxygens (including phenoxy) is 1. The molecule has 0 radical (unpaired) electrons. The molecule has 31 heavy (non-hydrogen) atoms. The summed E-state index contributed by atoms with van der Waals surface area (Å²) in [6, 6.07) is 7.86. The molecule has 8 heteroatoms. The van der Waals surface area contributed by atoms with Crippen molar-refractivity contribution in [3.63, 3.8) is 0 Å². The van der Waals surface area contributed by atoms with Crippen LogP contribution in [-0.4, -0.2) is 60.9 Å². The van der Waals surface area contributed by atoms with Gasteiger partial charge in [0.25, 0.3) is 5.19 Å². The lowest BCUT2D eigenvalue weighted by atomic mass is 9.87. The quantitative estimate of drug-likeness (QED) is 0.667. The van der Waals surface area contributed by atoms with Gasteiger partial charge in [-0.1, -0.05) is 44.2 Å². The number of sulfonamides is 1. The van der Waals surface area contributed by atoms with Crippen LogP contribution >= 0.6 is 11.3 Å². The average molecular weight is 464 g/mol. The van der Waals surface area contributed by atoms with Gasteiger partial charge in [0.05, 0.1) is 4.90 Å². The van der Waals surface area contributed by atoms with E-state index in [0.29, 0.717) is 24.0 Å². The summed E-state index contributed by atoms with van der Waals surface area (Å²) >= 11 is 1.54. The van der Waals surface area contributed by atoms with Crippen LogP contribution in [0.2, 0.25) is 0 Å². The molecule has 0 saturated carbocycles. The predicted molar refractivity (Wildman–Crippen MR) is 124 cm³/mol. The molecule has 0 atom stereocenters. The number of thiazole rings is 1. The summed E-state index contributed by atoms with van der Waals surface area (Å²) in [6.45, 7) is 9.58. The lowest BCUT2D eigenvalue weighted by molar-refractivity contribution is 0.0584. The van der Waals surface area contributed by atoms with Crippen molar-refractivity contribution < 1.29 is 13.2 Å². The molecule has 1 aromatic carbocycles. The van der Waals surface area contributed by atoms with Gasteiger partial charge in [-0.3, -0.25) is 0 Å². The van der Waals surface area contributed by atoms with Gasteiger partial charge in [0.15, 0.2) is 0 Å². The molecule has 0 unspecified atom stereocenters. The minimum atomic E-state index is -3.43. The maximum atomic E-state index is 13.1. The fourth-order valence-corrected chi connectivity index (χ4v) is 6.51. The van der Waals surface area contributed by atoms with E-state index in [1.165, 1.54) is 11.3 Å². The van der Waals surface area contributed by atoms with Gasteiger partial charge in [-0.25, -0.2) is 13.4 Å². The fourth-order valence-electron chi connectivity index (χ4n) is 4.49. The molecule has 0 amide bonds. The lowest BCUT2D eigenvalue weighted by Gasteiger charge is -2.41. The van der Waals surface area contributed by atoms with Crippen molar-refractivity contribution in [1.82, 2.24) is 14.2 Å². The van der Waals surface area contributed by atoms with E-state index in [4.69, 9.17) is 4.74 Å². The number of benzene rings is 1. The summed E-state index contributed by atoms with van der Waals surface area (Å²) in [5.41, 5.74) is 1.16. The summed E-state index contributed by atoms with van der Waals surface area (Å²) in [6.07, 6.45) is 5.78. The van der Waals surface area contributed by atoms with Gasteiger partial charge < -0.3 is 9.64 Å². The Bertz CT molecular complexity index is 937. The van der Waals surface area contributed by atoms with Crippen molar-refractivity contribution in [2.75, 3.05) is 26.2 Å². The Balaban J connectivity index is 1.29. The Morgan fingerprint density at radius 2 is 1.65 bits per heavy atom. The Labute approximate surface area is 190 Å². The van der Waals surface area contributed by atoms with Crippen molar-refractivity contribution in [2.45, 2.75) is 68.9 Å². The molecule has 4 rings (SSSR count). The van der Waals surface area contributed by atoms with Gasteiger partial charge in [-0.15, -0.1) is 0 Å². The van der Waals surface area contributed by atoms with Gasteiger partial charge in [0, 0.05) is 43.8 Å². The number of nitrogens with zero attached hydrogens (tertiary/aromatic N) is 3. The summed E-state index contributed by atoms with van der Waals surface area (Å²) in [5, 5.41) is 2.69. The van der Waals surface area contributed by atoms with Crippen LogP contribution < -0.4 is 4.74 Å². The van der Waals surface area contributed by atoms with Crippen LogP contribution in [0.25, 0.3) is 0 Å². The van der Waals surface area contributed by atoms with Crippen LogP contribution in [0.15, 0.2) is 40.7 Å². The highest BCUT2D eigenvalue weighted by molar-refractivity contribution is 7.89. The highest BCUT2D eigenvalue weighted by Crippen LogP contribution is 2.28. The molecule has 2 aliphatic heterocycles. The average Bonchev–Trinajstić information content (AvgIpc) is 3.27. The number of aromatic nitrogens is 1. The molecule has 2 aliphatic rings. The molecule has 0 bridgehead atoms. The first-order chi connectivity index (χ1) is 14.7. The minimum absolute atomic E-state index is 0.0133. The SMILES string of the molecule is CC(C)(C)c1ccc(S(=O)(=O)N2CCC(N3CCC(Oc4nccs4)CC3)CC2)cc1. The number of hydrogen-bond donors (Lipinski definition) is 0. The number of piperidine rings is 2. The van der Waals surface area contributed by atoms with Crippen LogP contribution in [0.4, 0.5) is 0 Å². The maximum Gasteiger partial charge on any atom is 0.273 e. The first-order valence-corrected chi connectivity index (χ1v) is 13.5. The minimum Gasteiger partial charge on any atom is -0.467 e. The largest absolute Gasteiger partial charge is 0.467 e. The van der Waals surface area contributed by atoms with Crippen LogP contribution in [-0.2, 0) is 15.4 Å². The normalized spacial score (nSPS) is 20.7. The molecule has 1 aromatic heterocycles. The van der Waals surface area contributed by atoms with E-state index in [2.05, 4.69) is 30.7 Å². The standard InChI is InChI=1S/C23H33N3O3S2/c1-23(2,3)18-4-6-21(7-5-18)31(27,28)26-15-8-19(9-16-26)25-13-10-20(11-14-25)29-22-24-12-17-30-22/h4-7,12,17,19-20H,8-11,13-16H2,1-3H3. The zero-order valence-electron chi connectivity index (χ0n) is 18.7. The number of likely N-dealkylation sites (tertiary alicyclic amines) is 1. The van der Waals surface area contributed by atoms with Gasteiger partial charge in [0.2, 0.25) is 10.0 Å². The topological polar surface area (TPSA) is 62.7 Å². The Morgan fingerprint density at radius 1 is 1.00 bits per heavy atom. The van der Waals surface area contributed by atoms with Gasteiger partial charge in [-0.05, 0) is 48.8 Å². The van der Waals surface area contributed by atoms with Crippen molar-refractivity contribution in [2.24, 2.45) is 0 Å². The molecule has 2 saturated heterocycles. The zero-order valence-corrected chi connectivity index (χ0v) is 20.3. The number of hydrogen-bond acceptors (Lipinski definition) is 6. The van der Waals surface area contributed by atoms with Gasteiger partial charge in [-0.2, -0.15) is 4.31 Å². The Morgan fingerprint density at radius 3 is 2.19 bits per heavy atom. The van der Waals surface area contributed by atoms with E-state index in [1.54, 1.807) is 22.6 Å². The van der Waals surface area contributed by atoms with Gasteiger partial charge >= 0.3 is 0 Å². The maximum absolute atomic E-state index is 13.1. The third-order valence-corrected chi connectivity index (χ3v) is 9.03. The smallest absolute Gasteiger partial charge is 0.273 e. The Hall–Kier alpha value is -1.48. The zero-order chi connectivity index (χ0) is 22.1. The highest BCUT2D eigenvalue weighted by atomic mass is 32.2. The molecule has 2 fully saturated rings. The van der Waals surface area contributed by atoms with Crippen molar-refractivity contribution >= 4 is 21.4 Å². The van der Waals surface area contributed by atoms with Crippen LogP contribution in [0, 0.1) is 0 Å². The first kappa shape index (κ1) is 22.7. The molecule has 6 nitrogen and oxygen atoms in total. The van der Waals surface area contributed by atoms with Crippen molar-refractivity contribution in [3.05, 3.63) is 41.4 Å². The lowest BCUT2D eigenvalue weighted by Crippen LogP contribution is -2.50. The Kier molecular flexibility index (Phi) is 6.72. The van der Waals surface area contributed by atoms with Crippen molar-refractivity contribution in [1.29, 1.82) is 0 Å². The monoisotopic (exact) mass is 463 g/mol. The summed E-state index contributed by atoms with van der Waals surface area (Å²) in [4.78, 5) is 7.13. The third kappa shape index (κ3) is 5.30. The third-order valence-electron chi connectivity index (χ3n) is 6.45. The van der Waals surface area contributed by atoms with Gasteiger partial charge in [0.1, 0.15) is 6.10 Å². The molecule has 170 valence electrons. The molecule has 3 heterocycles. The fraction of sp³-hybridized carbons (Fsp3) is 0.609. The van der Waals surface area contributed by atoms with E-state index in [1.807, 2.05) is 17.5 Å². The van der Waals surface area contributed by atoms with E-state index in [9.17, 15) is 8.42 Å². The molecule has 0 aliphatic carbocycles. The second-order valence-electron chi connectivity index (χ2n) is 9.56. The van der Waals surface area contributed by atoms with E-state index in [-0.39, 0.29) is 11.5 Å². The van der Waals surface area contributed by atoms with E-state index >= 15 is 0 Å². The first-order valence-electron chi connectivity index (χ1n) is 11.1. The van der Waals surface area contributed by atoms with Crippen LogP contribution in [0.3, 0.4) is 0 Å². The second kappa shape index (κ2) is 9.17. The van der Waals surface area contributed by atoms with E-state index in [0.717, 1.165) is 49.5 Å². The highest BCUT2D eigenvalue weighted by Gasteiger charge is 2.33. The van der Waals surface area contributed by atoms with Crippen LogP contribution in [0.1, 0.15) is 52.0 Å². The summed E-state index contributed by atoms with van der Waals surface area (Å²) in [5.74, 6) is 0. The second-order valence-corrected chi connectivity index (χ2v) is 12.4. The predicted octanol–water partition coefficient (Wildman–Crippen LogP) is 4.14. The molecule has 0 N–H and O–H groups in total. The van der Waals surface area contributed by atoms with E-state index < -0.39 is 10.0 Å². The number of rotatable bonds is 5. The summed E-state index contributed by atoms with van der Waals surface area (Å²) in [7, 11) is -3.43. The summed E-state index contributed by atoms with van der Waals surface area (Å²) < 4.78 is 33.9. The van der Waals surface area contributed by atoms with Crippen LogP contribution in [0.5, 0.6) is 5.19 Å². The van der Waals surface area contributed by atoms with Crippen molar-refractivity contribution in [3.8, 4) is 5.19 Å².